The number of hydrogen-bond acceptors (Lipinski definition) is 6. The zero-order valence-electron chi connectivity index (χ0n) is 15.1. The van der Waals surface area contributed by atoms with Crippen LogP contribution in [0.15, 0.2) is 32.4 Å². The second-order valence-electron chi connectivity index (χ2n) is 6.21. The molecule has 144 valence electrons. The van der Waals surface area contributed by atoms with Crippen LogP contribution in [0, 0.1) is 0 Å². The molecule has 0 unspecified atom stereocenters. The fourth-order valence-electron chi connectivity index (χ4n) is 2.88. The van der Waals surface area contributed by atoms with Crippen LogP contribution in [0.3, 0.4) is 0 Å². The number of imidazole rings is 1. The monoisotopic (exact) mass is 375 g/mol. The molecule has 0 aliphatic rings. The molecule has 0 aliphatic heterocycles. The van der Waals surface area contributed by atoms with Gasteiger partial charge in [-0.15, -0.1) is 0 Å². The van der Waals surface area contributed by atoms with Crippen LogP contribution in [-0.2, 0) is 31.9 Å². The minimum Gasteiger partial charge on any atom is -0.467 e. The van der Waals surface area contributed by atoms with Gasteiger partial charge >= 0.3 is 5.69 Å². The lowest BCUT2D eigenvalue weighted by Gasteiger charge is -2.20. The molecule has 0 saturated carbocycles. The standard InChI is InChI=1S/C17H21N5O5/c1-20-15-14(16(25)21(2)17(20)26)18-12(19-15)5-6-13(24)22(7-8-23)10-11-4-3-9-27-11/h3-4,9,23H,5-8,10H2,1-2H3,(H,18,19). The Morgan fingerprint density at radius 1 is 1.33 bits per heavy atom. The molecule has 0 aliphatic carbocycles. The summed E-state index contributed by atoms with van der Waals surface area (Å²) in [5.41, 5.74) is -0.440. The molecule has 27 heavy (non-hydrogen) atoms. The molecular formula is C17H21N5O5. The highest BCUT2D eigenvalue weighted by Gasteiger charge is 2.17. The van der Waals surface area contributed by atoms with Crippen molar-refractivity contribution in [2.75, 3.05) is 13.2 Å². The predicted molar refractivity (Wildman–Crippen MR) is 96.1 cm³/mol. The molecule has 0 fully saturated rings. The number of aromatic amines is 1. The number of aryl methyl sites for hydroxylation is 2. The Bertz CT molecular complexity index is 1060. The van der Waals surface area contributed by atoms with E-state index in [-0.39, 0.29) is 49.6 Å². The first kappa shape index (κ1) is 18.6. The van der Waals surface area contributed by atoms with Crippen molar-refractivity contribution < 1.29 is 14.3 Å². The summed E-state index contributed by atoms with van der Waals surface area (Å²) < 4.78 is 7.54. The van der Waals surface area contributed by atoms with Crippen molar-refractivity contribution in [3.8, 4) is 0 Å². The summed E-state index contributed by atoms with van der Waals surface area (Å²) in [5, 5.41) is 9.20. The number of carbonyl (C=O) groups excluding carboxylic acids is 1. The SMILES string of the molecule is Cn1c(=O)c2[nH]c(CCC(=O)N(CCO)Cc3ccco3)nc2n(C)c1=O. The number of aliphatic hydroxyl groups is 1. The maximum absolute atomic E-state index is 12.5. The first-order valence-electron chi connectivity index (χ1n) is 8.48. The van der Waals surface area contributed by atoms with E-state index in [0.29, 0.717) is 11.6 Å². The Balaban J connectivity index is 1.76. The van der Waals surface area contributed by atoms with E-state index in [0.717, 1.165) is 4.57 Å². The molecule has 3 rings (SSSR count). The average Bonchev–Trinajstić information content (AvgIpc) is 3.32. The van der Waals surface area contributed by atoms with Gasteiger partial charge < -0.3 is 19.4 Å². The Morgan fingerprint density at radius 2 is 2.11 bits per heavy atom. The van der Waals surface area contributed by atoms with Gasteiger partial charge in [0.25, 0.3) is 5.56 Å². The molecule has 0 spiro atoms. The summed E-state index contributed by atoms with van der Waals surface area (Å²) in [6.45, 7) is 0.297. The Kier molecular flexibility index (Phi) is 5.26. The van der Waals surface area contributed by atoms with Crippen molar-refractivity contribution in [3.05, 3.63) is 50.8 Å². The molecule has 3 heterocycles. The van der Waals surface area contributed by atoms with Crippen LogP contribution < -0.4 is 11.2 Å². The molecule has 3 aromatic heterocycles. The number of aromatic nitrogens is 4. The van der Waals surface area contributed by atoms with Crippen LogP contribution in [0.5, 0.6) is 0 Å². The van der Waals surface area contributed by atoms with Crippen molar-refractivity contribution >= 4 is 17.1 Å². The highest BCUT2D eigenvalue weighted by atomic mass is 16.3. The summed E-state index contributed by atoms with van der Waals surface area (Å²) in [7, 11) is 2.93. The summed E-state index contributed by atoms with van der Waals surface area (Å²) in [5.74, 6) is 0.889. The van der Waals surface area contributed by atoms with Crippen molar-refractivity contribution in [1.82, 2.24) is 24.0 Å². The van der Waals surface area contributed by atoms with Gasteiger partial charge in [0.2, 0.25) is 5.91 Å². The van der Waals surface area contributed by atoms with Gasteiger partial charge in [-0.05, 0) is 12.1 Å². The van der Waals surface area contributed by atoms with Crippen LogP contribution in [0.2, 0.25) is 0 Å². The third-order valence-corrected chi connectivity index (χ3v) is 4.37. The van der Waals surface area contributed by atoms with Crippen molar-refractivity contribution in [2.24, 2.45) is 14.1 Å². The van der Waals surface area contributed by atoms with Crippen molar-refractivity contribution in [2.45, 2.75) is 19.4 Å². The maximum atomic E-state index is 12.5. The Hall–Kier alpha value is -3.14. The second-order valence-corrected chi connectivity index (χ2v) is 6.21. The molecule has 2 N–H and O–H groups in total. The summed E-state index contributed by atoms with van der Waals surface area (Å²) >= 11 is 0. The largest absolute Gasteiger partial charge is 0.467 e. The molecule has 0 bridgehead atoms. The number of furan rings is 1. The minimum atomic E-state index is -0.464. The van der Waals surface area contributed by atoms with E-state index in [9.17, 15) is 19.5 Å². The van der Waals surface area contributed by atoms with Gasteiger partial charge in [-0.3, -0.25) is 18.7 Å². The fraction of sp³-hybridized carbons (Fsp3) is 0.412. The highest BCUT2D eigenvalue weighted by Crippen LogP contribution is 2.10. The molecule has 0 aromatic carbocycles. The van der Waals surface area contributed by atoms with Gasteiger partial charge in [-0.1, -0.05) is 0 Å². The van der Waals surface area contributed by atoms with Crippen LogP contribution >= 0.6 is 0 Å². The summed E-state index contributed by atoms with van der Waals surface area (Å²) in [6, 6.07) is 3.49. The average molecular weight is 375 g/mol. The molecule has 1 amide bonds. The molecule has 0 atom stereocenters. The third kappa shape index (κ3) is 3.70. The van der Waals surface area contributed by atoms with Crippen LogP contribution in [0.25, 0.3) is 11.2 Å². The minimum absolute atomic E-state index is 0.134. The molecular weight excluding hydrogens is 354 g/mol. The third-order valence-electron chi connectivity index (χ3n) is 4.37. The summed E-state index contributed by atoms with van der Waals surface area (Å²) in [6.07, 6.45) is 1.93. The number of amides is 1. The van der Waals surface area contributed by atoms with E-state index in [1.54, 1.807) is 12.1 Å². The number of carbonyl (C=O) groups is 1. The number of H-pyrrole nitrogens is 1. The summed E-state index contributed by atoms with van der Waals surface area (Å²) in [4.78, 5) is 45.3. The zero-order chi connectivity index (χ0) is 19.6. The van der Waals surface area contributed by atoms with Gasteiger partial charge in [0.1, 0.15) is 17.1 Å². The van der Waals surface area contributed by atoms with E-state index in [4.69, 9.17) is 4.42 Å². The van der Waals surface area contributed by atoms with Crippen LogP contribution in [0.1, 0.15) is 18.0 Å². The van der Waals surface area contributed by atoms with Crippen LogP contribution in [-0.4, -0.2) is 48.2 Å². The Morgan fingerprint density at radius 3 is 2.78 bits per heavy atom. The number of fused-ring (bicyclic) bond motifs is 1. The number of hydrogen-bond donors (Lipinski definition) is 2. The van der Waals surface area contributed by atoms with E-state index in [1.807, 2.05) is 0 Å². The first-order chi connectivity index (χ1) is 12.9. The van der Waals surface area contributed by atoms with E-state index in [2.05, 4.69) is 9.97 Å². The van der Waals surface area contributed by atoms with Gasteiger partial charge in [0.15, 0.2) is 5.65 Å². The maximum Gasteiger partial charge on any atom is 0.332 e. The normalized spacial score (nSPS) is 11.2. The number of nitrogens with zero attached hydrogens (tertiary/aromatic N) is 4. The first-order valence-corrected chi connectivity index (χ1v) is 8.48. The van der Waals surface area contributed by atoms with Gasteiger partial charge in [0, 0.05) is 33.5 Å². The molecule has 10 heteroatoms. The molecule has 0 radical (unpaired) electrons. The lowest BCUT2D eigenvalue weighted by molar-refractivity contribution is -0.132. The lowest BCUT2D eigenvalue weighted by Crippen LogP contribution is -2.36. The van der Waals surface area contributed by atoms with E-state index >= 15 is 0 Å². The van der Waals surface area contributed by atoms with E-state index < -0.39 is 11.2 Å². The quantitative estimate of drug-likeness (QED) is 0.574. The van der Waals surface area contributed by atoms with Gasteiger partial charge in [-0.25, -0.2) is 9.78 Å². The topological polar surface area (TPSA) is 126 Å². The Labute approximate surface area is 153 Å². The van der Waals surface area contributed by atoms with Gasteiger partial charge in [0.05, 0.1) is 19.4 Å². The molecule has 3 aromatic rings. The smallest absolute Gasteiger partial charge is 0.332 e. The fourth-order valence-corrected chi connectivity index (χ4v) is 2.88. The number of aliphatic hydroxyl groups excluding tert-OH is 1. The van der Waals surface area contributed by atoms with Crippen LogP contribution in [0.4, 0.5) is 0 Å². The molecule has 0 saturated heterocycles. The second kappa shape index (κ2) is 7.62. The zero-order valence-corrected chi connectivity index (χ0v) is 15.1. The van der Waals surface area contributed by atoms with E-state index in [1.165, 1.54) is 29.8 Å². The van der Waals surface area contributed by atoms with Crippen molar-refractivity contribution in [3.63, 3.8) is 0 Å². The lowest BCUT2D eigenvalue weighted by atomic mass is 10.2. The van der Waals surface area contributed by atoms with Gasteiger partial charge in [-0.2, -0.15) is 0 Å². The highest BCUT2D eigenvalue weighted by molar-refractivity contribution is 5.76. The molecule has 10 nitrogen and oxygen atoms in total. The van der Waals surface area contributed by atoms with Crippen molar-refractivity contribution in [1.29, 1.82) is 0 Å². The predicted octanol–water partition coefficient (Wildman–Crippen LogP) is -0.493. The number of nitrogens with one attached hydrogen (secondary N) is 1. The number of rotatable bonds is 7.